The highest BCUT2D eigenvalue weighted by molar-refractivity contribution is 6.21. The number of Topliss-reactive ketones (excluding diaryl/α,β-unsaturated/α-hetero) is 1. The zero-order valence-corrected chi connectivity index (χ0v) is 16.2. The van der Waals surface area contributed by atoms with Crippen LogP contribution in [0.2, 0.25) is 0 Å². The molecule has 1 atom stereocenters. The highest BCUT2D eigenvalue weighted by atomic mass is 16.2. The van der Waals surface area contributed by atoms with Gasteiger partial charge in [-0.1, -0.05) is 61.5 Å². The summed E-state index contributed by atoms with van der Waals surface area (Å²) in [5.41, 5.74) is 4.51. The molecule has 0 saturated heterocycles. The molecule has 27 heavy (non-hydrogen) atoms. The van der Waals surface area contributed by atoms with Gasteiger partial charge in [-0.25, -0.2) is 0 Å². The van der Waals surface area contributed by atoms with Gasteiger partial charge in [0.05, 0.1) is 5.57 Å². The molecule has 1 aliphatic rings. The molecule has 4 nitrogen and oxygen atoms in total. The Morgan fingerprint density at radius 1 is 1.07 bits per heavy atom. The van der Waals surface area contributed by atoms with E-state index in [-0.39, 0.29) is 11.7 Å². The molecule has 140 valence electrons. The number of amides is 1. The van der Waals surface area contributed by atoms with Crippen molar-refractivity contribution in [3.05, 3.63) is 77.0 Å². The Hall–Kier alpha value is -2.88. The maximum atomic E-state index is 13.3. The zero-order valence-electron chi connectivity index (χ0n) is 16.2. The first-order valence-corrected chi connectivity index (χ1v) is 9.43. The van der Waals surface area contributed by atoms with E-state index in [0.717, 1.165) is 41.9 Å². The summed E-state index contributed by atoms with van der Waals surface area (Å²) in [5, 5.41) is 2.96. The van der Waals surface area contributed by atoms with E-state index < -0.39 is 6.04 Å². The summed E-state index contributed by atoms with van der Waals surface area (Å²) in [6, 6.07) is 16.7. The van der Waals surface area contributed by atoms with E-state index in [1.807, 2.05) is 55.5 Å². The lowest BCUT2D eigenvalue weighted by atomic mass is 9.92. The Morgan fingerprint density at radius 2 is 1.74 bits per heavy atom. The third-order valence-electron chi connectivity index (χ3n) is 5.02. The van der Waals surface area contributed by atoms with Gasteiger partial charge in [0.25, 0.3) is 5.91 Å². The Kier molecular flexibility index (Phi) is 5.75. The van der Waals surface area contributed by atoms with E-state index in [0.29, 0.717) is 5.57 Å². The summed E-state index contributed by atoms with van der Waals surface area (Å²) in [4.78, 5) is 27.7. The molecule has 0 bridgehead atoms. The number of rotatable bonds is 6. The van der Waals surface area contributed by atoms with Crippen LogP contribution in [0, 0.1) is 0 Å². The van der Waals surface area contributed by atoms with Crippen LogP contribution in [-0.2, 0) is 16.1 Å². The van der Waals surface area contributed by atoms with Crippen LogP contribution < -0.4 is 5.32 Å². The first-order chi connectivity index (χ1) is 13.0. The SMILES string of the molecule is CCCN1Cc2ccccc2C(C(=O)N[C@H](C(C)=O)c2ccccc2)=C1C. The summed E-state index contributed by atoms with van der Waals surface area (Å²) in [6.45, 7) is 7.34. The number of carbonyl (C=O) groups excluding carboxylic acids is 2. The zero-order chi connectivity index (χ0) is 19.4. The number of fused-ring (bicyclic) bond motifs is 1. The second kappa shape index (κ2) is 8.21. The molecule has 2 aromatic carbocycles. The van der Waals surface area contributed by atoms with E-state index >= 15 is 0 Å². The minimum absolute atomic E-state index is 0.0812. The van der Waals surface area contributed by atoms with Gasteiger partial charge in [-0.2, -0.15) is 0 Å². The van der Waals surface area contributed by atoms with E-state index in [1.54, 1.807) is 0 Å². The molecule has 0 aliphatic carbocycles. The van der Waals surface area contributed by atoms with Gasteiger partial charge in [-0.15, -0.1) is 0 Å². The maximum Gasteiger partial charge on any atom is 0.254 e. The molecule has 0 fully saturated rings. The van der Waals surface area contributed by atoms with Crippen molar-refractivity contribution in [1.29, 1.82) is 0 Å². The van der Waals surface area contributed by atoms with Crippen molar-refractivity contribution in [3.8, 4) is 0 Å². The number of allylic oxidation sites excluding steroid dienone is 1. The van der Waals surface area contributed by atoms with Crippen molar-refractivity contribution in [1.82, 2.24) is 10.2 Å². The summed E-state index contributed by atoms with van der Waals surface area (Å²) in [6.07, 6.45) is 1.01. The lowest BCUT2D eigenvalue weighted by Gasteiger charge is -2.33. The van der Waals surface area contributed by atoms with Crippen LogP contribution in [0.3, 0.4) is 0 Å². The number of hydrogen-bond acceptors (Lipinski definition) is 3. The molecule has 0 spiro atoms. The fourth-order valence-electron chi connectivity index (χ4n) is 3.65. The van der Waals surface area contributed by atoms with Gasteiger partial charge in [0.2, 0.25) is 0 Å². The summed E-state index contributed by atoms with van der Waals surface area (Å²) >= 11 is 0. The summed E-state index contributed by atoms with van der Waals surface area (Å²) in [5.74, 6) is -0.285. The quantitative estimate of drug-likeness (QED) is 0.842. The fourth-order valence-corrected chi connectivity index (χ4v) is 3.65. The van der Waals surface area contributed by atoms with Crippen molar-refractivity contribution in [2.24, 2.45) is 0 Å². The van der Waals surface area contributed by atoms with Crippen molar-refractivity contribution in [2.45, 2.75) is 39.8 Å². The van der Waals surface area contributed by atoms with Gasteiger partial charge < -0.3 is 10.2 Å². The molecule has 2 aromatic rings. The normalized spacial score (nSPS) is 14.6. The van der Waals surface area contributed by atoms with Crippen molar-refractivity contribution >= 4 is 17.3 Å². The van der Waals surface area contributed by atoms with Crippen LogP contribution in [0.5, 0.6) is 0 Å². The van der Waals surface area contributed by atoms with E-state index in [2.05, 4.69) is 23.2 Å². The van der Waals surface area contributed by atoms with Crippen molar-refractivity contribution in [3.63, 3.8) is 0 Å². The number of ketones is 1. The lowest BCUT2D eigenvalue weighted by Crippen LogP contribution is -2.37. The molecule has 1 amide bonds. The molecule has 0 radical (unpaired) electrons. The molecule has 1 N–H and O–H groups in total. The first-order valence-electron chi connectivity index (χ1n) is 9.43. The molecule has 1 heterocycles. The highest BCUT2D eigenvalue weighted by Crippen LogP contribution is 2.32. The van der Waals surface area contributed by atoms with Gasteiger partial charge >= 0.3 is 0 Å². The number of hydrogen-bond donors (Lipinski definition) is 1. The van der Waals surface area contributed by atoms with E-state index in [1.165, 1.54) is 6.92 Å². The van der Waals surface area contributed by atoms with Crippen LogP contribution in [0.15, 0.2) is 60.3 Å². The van der Waals surface area contributed by atoms with Gasteiger partial charge in [0.15, 0.2) is 5.78 Å². The molecule has 4 heteroatoms. The third-order valence-corrected chi connectivity index (χ3v) is 5.02. The van der Waals surface area contributed by atoms with Crippen molar-refractivity contribution in [2.75, 3.05) is 6.54 Å². The largest absolute Gasteiger partial charge is 0.370 e. The highest BCUT2D eigenvalue weighted by Gasteiger charge is 2.28. The maximum absolute atomic E-state index is 13.3. The molecule has 0 unspecified atom stereocenters. The van der Waals surface area contributed by atoms with Gasteiger partial charge in [0, 0.05) is 18.8 Å². The summed E-state index contributed by atoms with van der Waals surface area (Å²) < 4.78 is 0. The average Bonchev–Trinajstić information content (AvgIpc) is 2.67. The van der Waals surface area contributed by atoms with Gasteiger partial charge in [-0.05, 0) is 37.0 Å². The smallest absolute Gasteiger partial charge is 0.254 e. The van der Waals surface area contributed by atoms with E-state index in [9.17, 15) is 9.59 Å². The van der Waals surface area contributed by atoms with Crippen LogP contribution in [0.4, 0.5) is 0 Å². The Bertz CT molecular complexity index is 871. The Morgan fingerprint density at radius 3 is 2.41 bits per heavy atom. The molecule has 1 aliphatic heterocycles. The number of nitrogens with zero attached hydrogens (tertiary/aromatic N) is 1. The second-order valence-electron chi connectivity index (χ2n) is 6.97. The predicted molar refractivity (Wildman–Crippen MR) is 108 cm³/mol. The topological polar surface area (TPSA) is 49.4 Å². The molecule has 0 aromatic heterocycles. The van der Waals surface area contributed by atoms with Crippen LogP contribution in [0.25, 0.3) is 5.57 Å². The standard InChI is InChI=1S/C23H26N2O2/c1-4-14-25-15-19-12-8-9-13-20(19)21(16(25)2)23(27)24-22(17(3)26)18-10-6-5-7-11-18/h5-13,22H,4,14-15H2,1-3H3,(H,24,27)/t22-/m1/s1. The average molecular weight is 362 g/mol. The minimum Gasteiger partial charge on any atom is -0.370 e. The second-order valence-corrected chi connectivity index (χ2v) is 6.97. The van der Waals surface area contributed by atoms with Crippen LogP contribution in [-0.4, -0.2) is 23.1 Å². The molecule has 0 saturated carbocycles. The Labute approximate surface area is 160 Å². The van der Waals surface area contributed by atoms with Gasteiger partial charge in [-0.3, -0.25) is 9.59 Å². The van der Waals surface area contributed by atoms with Crippen LogP contribution in [0.1, 0.15) is 49.9 Å². The predicted octanol–water partition coefficient (Wildman–Crippen LogP) is 4.09. The number of nitrogens with one attached hydrogen (secondary N) is 1. The lowest BCUT2D eigenvalue weighted by molar-refractivity contribution is -0.124. The Balaban J connectivity index is 1.97. The summed E-state index contributed by atoms with van der Waals surface area (Å²) in [7, 11) is 0. The first kappa shape index (κ1) is 18.9. The number of benzene rings is 2. The number of carbonyl (C=O) groups is 2. The van der Waals surface area contributed by atoms with Crippen LogP contribution >= 0.6 is 0 Å². The monoisotopic (exact) mass is 362 g/mol. The van der Waals surface area contributed by atoms with E-state index in [4.69, 9.17) is 0 Å². The fraction of sp³-hybridized carbons (Fsp3) is 0.304. The molecular weight excluding hydrogens is 336 g/mol. The minimum atomic E-state index is -0.646. The molecular formula is C23H26N2O2. The van der Waals surface area contributed by atoms with Gasteiger partial charge in [0.1, 0.15) is 6.04 Å². The van der Waals surface area contributed by atoms with Crippen molar-refractivity contribution < 1.29 is 9.59 Å². The third kappa shape index (κ3) is 3.95. The molecule has 3 rings (SSSR count).